The van der Waals surface area contributed by atoms with Gasteiger partial charge in [-0.3, -0.25) is 4.79 Å². The summed E-state index contributed by atoms with van der Waals surface area (Å²) in [7, 11) is 0. The molecule has 0 radical (unpaired) electrons. The van der Waals surface area contributed by atoms with Crippen LogP contribution in [0.3, 0.4) is 0 Å². The number of hydrazone groups is 1. The molecule has 2 heterocycles. The third-order valence-electron chi connectivity index (χ3n) is 5.44. The van der Waals surface area contributed by atoms with Gasteiger partial charge in [-0.15, -0.1) is 0 Å². The number of nitrogens with zero attached hydrogens (tertiary/aromatic N) is 2. The van der Waals surface area contributed by atoms with Gasteiger partial charge in [-0.05, 0) is 42.8 Å². The highest BCUT2D eigenvalue weighted by Crippen LogP contribution is 2.43. The van der Waals surface area contributed by atoms with Gasteiger partial charge in [-0.1, -0.05) is 48.0 Å². The van der Waals surface area contributed by atoms with Crippen LogP contribution in [0, 0.1) is 12.7 Å². The smallest absolute Gasteiger partial charge is 0.251 e. The van der Waals surface area contributed by atoms with E-state index in [2.05, 4.69) is 24.3 Å². The molecule has 2 atom stereocenters. The summed E-state index contributed by atoms with van der Waals surface area (Å²) >= 11 is 0. The number of carbonyl (C=O) groups is 1. The number of aryl methyl sites for hydroxylation is 1. The Morgan fingerprint density at radius 3 is 2.52 bits per heavy atom. The molecule has 5 rings (SSSR count). The first-order valence-corrected chi connectivity index (χ1v) is 9.58. The molecular weight excluding hydrogens is 367 g/mol. The maximum Gasteiger partial charge on any atom is 0.251 e. The lowest BCUT2D eigenvalue weighted by molar-refractivity contribution is -0.00456. The zero-order valence-electron chi connectivity index (χ0n) is 15.9. The fourth-order valence-electron chi connectivity index (χ4n) is 3.88. The van der Waals surface area contributed by atoms with Gasteiger partial charge < -0.3 is 4.74 Å². The number of ether oxygens (including phenoxy) is 1. The molecule has 29 heavy (non-hydrogen) atoms. The van der Waals surface area contributed by atoms with Gasteiger partial charge in [0, 0.05) is 17.5 Å². The Hall–Kier alpha value is -3.47. The van der Waals surface area contributed by atoms with Crippen LogP contribution in [-0.4, -0.2) is 22.7 Å². The normalized spacial score (nSPS) is 19.8. The van der Waals surface area contributed by atoms with Crippen molar-refractivity contribution in [3.8, 4) is 5.75 Å². The number of benzene rings is 3. The third kappa shape index (κ3) is 3.09. The number of hydrogen-bond acceptors (Lipinski definition) is 4. The molecule has 3 aromatic rings. The number of fused-ring (bicyclic) bond motifs is 3. The Kier molecular flexibility index (Phi) is 4.16. The Morgan fingerprint density at radius 1 is 1.03 bits per heavy atom. The van der Waals surface area contributed by atoms with Gasteiger partial charge in [-0.2, -0.15) is 5.10 Å². The van der Waals surface area contributed by atoms with Crippen molar-refractivity contribution >= 4 is 11.5 Å². The van der Waals surface area contributed by atoms with E-state index < -0.39 is 6.23 Å². The minimum absolute atomic E-state index is 0.0781. The molecule has 0 spiro atoms. The molecule has 0 fully saturated rings. The molecule has 2 aliphatic rings. The molecule has 5 heteroatoms. The predicted molar refractivity (Wildman–Crippen MR) is 109 cm³/mol. The largest absolute Gasteiger partial charge is 0.461 e. The second-order valence-electron chi connectivity index (χ2n) is 7.39. The first kappa shape index (κ1) is 17.6. The van der Waals surface area contributed by atoms with Crippen molar-refractivity contribution in [2.75, 3.05) is 0 Å². The van der Waals surface area contributed by atoms with E-state index in [-0.39, 0.29) is 17.6 Å². The molecule has 0 saturated heterocycles. The average Bonchev–Trinajstić information content (AvgIpc) is 3.19. The first-order chi connectivity index (χ1) is 14.1. The van der Waals surface area contributed by atoms with Crippen molar-refractivity contribution in [3.05, 3.63) is 101 Å². The number of ketones is 1. The molecule has 0 aromatic heterocycles. The number of hydrogen-bond donors (Lipinski definition) is 0. The van der Waals surface area contributed by atoms with Crippen molar-refractivity contribution in [1.82, 2.24) is 5.01 Å². The second-order valence-corrected chi connectivity index (χ2v) is 7.39. The Morgan fingerprint density at radius 2 is 1.76 bits per heavy atom. The van der Waals surface area contributed by atoms with Gasteiger partial charge in [0.15, 0.2) is 0 Å². The fraction of sp³-hybridized carbons (Fsp3) is 0.167. The lowest BCUT2D eigenvalue weighted by Gasteiger charge is -2.37. The molecule has 2 aliphatic heterocycles. The fourth-order valence-corrected chi connectivity index (χ4v) is 3.88. The molecule has 0 N–H and O–H groups in total. The van der Waals surface area contributed by atoms with E-state index in [4.69, 9.17) is 9.84 Å². The van der Waals surface area contributed by atoms with E-state index in [0.29, 0.717) is 17.7 Å². The molecule has 0 amide bonds. The van der Waals surface area contributed by atoms with Crippen molar-refractivity contribution in [2.24, 2.45) is 5.10 Å². The van der Waals surface area contributed by atoms with Crippen LogP contribution < -0.4 is 4.74 Å². The maximum absolute atomic E-state index is 13.3. The summed E-state index contributed by atoms with van der Waals surface area (Å²) in [5, 5.41) is 6.54. The van der Waals surface area contributed by atoms with Crippen molar-refractivity contribution in [3.63, 3.8) is 0 Å². The van der Waals surface area contributed by atoms with Gasteiger partial charge in [0.2, 0.25) is 5.78 Å². The molecule has 3 aromatic carbocycles. The van der Waals surface area contributed by atoms with E-state index in [9.17, 15) is 9.18 Å². The van der Waals surface area contributed by atoms with E-state index in [1.807, 2.05) is 31.2 Å². The number of Topliss-reactive ketones (excluding diaryl/α,β-unsaturated/α-hetero) is 1. The number of para-hydroxylation sites is 1. The summed E-state index contributed by atoms with van der Waals surface area (Å²) in [5.41, 5.74) is 4.56. The van der Waals surface area contributed by atoms with E-state index >= 15 is 0 Å². The van der Waals surface area contributed by atoms with Crippen LogP contribution in [0.2, 0.25) is 0 Å². The Labute approximate surface area is 168 Å². The topological polar surface area (TPSA) is 41.9 Å². The van der Waals surface area contributed by atoms with Crippen molar-refractivity contribution in [1.29, 1.82) is 0 Å². The molecular formula is C24H19FN2O2. The van der Waals surface area contributed by atoms with Crippen molar-refractivity contribution in [2.45, 2.75) is 25.6 Å². The third-order valence-corrected chi connectivity index (χ3v) is 5.44. The Bertz CT molecular complexity index is 1110. The molecule has 0 bridgehead atoms. The zero-order valence-corrected chi connectivity index (χ0v) is 15.9. The standard InChI is InChI=1S/C24H19FN2O2/c1-15-6-8-16(9-7-15)20-14-21-19-4-2-3-5-22(19)29-24(27(21)26-20)23(28)17-10-12-18(25)13-11-17/h2-13,21,24H,14H2,1H3/t21-,24+/m0/s1. The molecule has 0 saturated carbocycles. The van der Waals surface area contributed by atoms with Crippen LogP contribution in [0.1, 0.15) is 39.5 Å². The number of carbonyl (C=O) groups excluding carboxylic acids is 1. The van der Waals surface area contributed by atoms with Gasteiger partial charge >= 0.3 is 0 Å². The predicted octanol–water partition coefficient (Wildman–Crippen LogP) is 4.89. The van der Waals surface area contributed by atoms with Crippen LogP contribution in [0.15, 0.2) is 77.9 Å². The summed E-state index contributed by atoms with van der Waals surface area (Å²) in [6, 6.07) is 21.4. The number of halogens is 1. The van der Waals surface area contributed by atoms with Crippen LogP contribution >= 0.6 is 0 Å². The SMILES string of the molecule is Cc1ccc(C2=NN3[C@@H](C(=O)c4ccc(F)cc4)Oc4ccccc4[C@@H]3C2)cc1. The monoisotopic (exact) mass is 386 g/mol. The quantitative estimate of drug-likeness (QED) is 0.602. The van der Waals surface area contributed by atoms with Crippen LogP contribution in [0.4, 0.5) is 4.39 Å². The van der Waals surface area contributed by atoms with Gasteiger partial charge in [0.25, 0.3) is 6.23 Å². The zero-order chi connectivity index (χ0) is 20.0. The van der Waals surface area contributed by atoms with Gasteiger partial charge in [-0.25, -0.2) is 9.40 Å². The summed E-state index contributed by atoms with van der Waals surface area (Å²) in [5.74, 6) is 0.0724. The highest BCUT2D eigenvalue weighted by molar-refractivity contribution is 6.03. The number of rotatable bonds is 3. The van der Waals surface area contributed by atoms with E-state index in [1.165, 1.54) is 29.8 Å². The van der Waals surface area contributed by atoms with E-state index in [0.717, 1.165) is 16.8 Å². The van der Waals surface area contributed by atoms with Crippen molar-refractivity contribution < 1.29 is 13.9 Å². The minimum Gasteiger partial charge on any atom is -0.461 e. The van der Waals surface area contributed by atoms with Crippen LogP contribution in [0.5, 0.6) is 5.75 Å². The highest BCUT2D eigenvalue weighted by Gasteiger charge is 2.43. The average molecular weight is 386 g/mol. The molecule has 144 valence electrons. The van der Waals surface area contributed by atoms with Gasteiger partial charge in [0.05, 0.1) is 11.8 Å². The van der Waals surface area contributed by atoms with E-state index in [1.54, 1.807) is 5.01 Å². The first-order valence-electron chi connectivity index (χ1n) is 9.58. The highest BCUT2D eigenvalue weighted by atomic mass is 19.1. The summed E-state index contributed by atoms with van der Waals surface area (Å²) in [6.45, 7) is 2.05. The van der Waals surface area contributed by atoms with Gasteiger partial charge in [0.1, 0.15) is 11.6 Å². The second kappa shape index (κ2) is 6.85. The van der Waals surface area contributed by atoms with Crippen LogP contribution in [-0.2, 0) is 0 Å². The summed E-state index contributed by atoms with van der Waals surface area (Å²) < 4.78 is 19.4. The Balaban J connectivity index is 1.55. The minimum atomic E-state index is -0.886. The lowest BCUT2D eigenvalue weighted by atomic mass is 9.95. The molecule has 0 unspecified atom stereocenters. The molecule has 4 nitrogen and oxygen atoms in total. The van der Waals surface area contributed by atoms with Crippen LogP contribution in [0.25, 0.3) is 0 Å². The summed E-state index contributed by atoms with van der Waals surface area (Å²) in [6.07, 6.45) is -0.195. The summed E-state index contributed by atoms with van der Waals surface area (Å²) in [4.78, 5) is 13.2. The maximum atomic E-state index is 13.3. The molecule has 0 aliphatic carbocycles. The lowest BCUT2D eigenvalue weighted by Crippen LogP contribution is -2.45.